The van der Waals surface area contributed by atoms with Gasteiger partial charge in [-0.25, -0.2) is 0 Å². The quantitative estimate of drug-likeness (QED) is 0.419. The topological polar surface area (TPSA) is 78.3 Å². The Kier molecular flexibility index (Phi) is 8.16. The highest BCUT2D eigenvalue weighted by molar-refractivity contribution is 7.99. The zero-order valence-electron chi connectivity index (χ0n) is 19.2. The molecule has 0 radical (unpaired) electrons. The highest BCUT2D eigenvalue weighted by Crippen LogP contribution is 2.27. The predicted molar refractivity (Wildman–Crippen MR) is 128 cm³/mol. The molecule has 1 unspecified atom stereocenters. The minimum absolute atomic E-state index is 0.0714. The fourth-order valence-corrected chi connectivity index (χ4v) is 4.16. The van der Waals surface area contributed by atoms with E-state index < -0.39 is 0 Å². The predicted octanol–water partition coefficient (Wildman–Crippen LogP) is 5.30. The van der Waals surface area contributed by atoms with Gasteiger partial charge in [0.05, 0.1) is 12.9 Å². The lowest BCUT2D eigenvalue weighted by Gasteiger charge is -2.16. The van der Waals surface area contributed by atoms with Gasteiger partial charge in [0.15, 0.2) is 17.1 Å². The number of anilines is 1. The number of thioether (sulfide) groups is 1. The molecule has 0 saturated heterocycles. The van der Waals surface area contributed by atoms with Crippen molar-refractivity contribution in [3.63, 3.8) is 0 Å². The minimum Gasteiger partial charge on any atom is -0.497 e. The Morgan fingerprint density at radius 3 is 2.41 bits per heavy atom. The largest absolute Gasteiger partial charge is 0.497 e. The SMILES string of the molecule is CCn1c(SCC(=O)Nc2ccccc2C(C)C)nnc1C(C)Oc1ccc(OC)cc1. The van der Waals surface area contributed by atoms with E-state index in [4.69, 9.17) is 9.47 Å². The van der Waals surface area contributed by atoms with Crippen molar-refractivity contribution < 1.29 is 14.3 Å². The second-order valence-electron chi connectivity index (χ2n) is 7.60. The Balaban J connectivity index is 1.63. The molecule has 1 heterocycles. The number of nitrogens with one attached hydrogen (secondary N) is 1. The number of ether oxygens (including phenoxy) is 2. The molecule has 0 bridgehead atoms. The van der Waals surface area contributed by atoms with E-state index in [1.807, 2.05) is 66.9 Å². The first-order valence-corrected chi connectivity index (χ1v) is 11.7. The maximum atomic E-state index is 12.6. The summed E-state index contributed by atoms with van der Waals surface area (Å²) in [7, 11) is 1.63. The first-order chi connectivity index (χ1) is 15.4. The van der Waals surface area contributed by atoms with Gasteiger partial charge in [0.1, 0.15) is 11.5 Å². The third-order valence-corrected chi connectivity index (χ3v) is 5.95. The molecule has 0 aliphatic rings. The summed E-state index contributed by atoms with van der Waals surface area (Å²) in [5, 5.41) is 12.3. The smallest absolute Gasteiger partial charge is 0.234 e. The standard InChI is InChI=1S/C24H30N4O3S/c1-6-28-23(17(4)31-19-13-11-18(30-5)12-14-19)26-27-24(28)32-15-22(29)25-21-10-8-7-9-20(21)16(2)3/h7-14,16-17H,6,15H2,1-5H3,(H,25,29). The summed E-state index contributed by atoms with van der Waals surface area (Å²) in [5.74, 6) is 2.72. The van der Waals surface area contributed by atoms with Crippen molar-refractivity contribution in [2.75, 3.05) is 18.2 Å². The Bertz CT molecular complexity index is 1030. The summed E-state index contributed by atoms with van der Waals surface area (Å²) < 4.78 is 13.2. The molecule has 8 heteroatoms. The molecule has 0 saturated carbocycles. The highest BCUT2D eigenvalue weighted by atomic mass is 32.2. The Morgan fingerprint density at radius 2 is 1.75 bits per heavy atom. The second-order valence-corrected chi connectivity index (χ2v) is 8.54. The van der Waals surface area contributed by atoms with Crippen molar-refractivity contribution in [3.8, 4) is 11.5 Å². The van der Waals surface area contributed by atoms with Crippen LogP contribution < -0.4 is 14.8 Å². The summed E-state index contributed by atoms with van der Waals surface area (Å²) in [6.45, 7) is 8.86. The maximum absolute atomic E-state index is 12.6. The van der Waals surface area contributed by atoms with Gasteiger partial charge in [-0.3, -0.25) is 4.79 Å². The number of carbonyl (C=O) groups is 1. The molecule has 3 aromatic rings. The number of carbonyl (C=O) groups excluding carboxylic acids is 1. The summed E-state index contributed by atoms with van der Waals surface area (Å²) in [4.78, 5) is 12.6. The van der Waals surface area contributed by atoms with Gasteiger partial charge in [-0.2, -0.15) is 0 Å². The number of aromatic nitrogens is 3. The number of para-hydroxylation sites is 1. The fourth-order valence-electron chi connectivity index (χ4n) is 3.35. The van der Waals surface area contributed by atoms with Gasteiger partial charge in [0.2, 0.25) is 5.91 Å². The van der Waals surface area contributed by atoms with E-state index >= 15 is 0 Å². The van der Waals surface area contributed by atoms with Gasteiger partial charge in [0.25, 0.3) is 0 Å². The monoisotopic (exact) mass is 454 g/mol. The summed E-state index contributed by atoms with van der Waals surface area (Å²) in [5.41, 5.74) is 1.97. The molecule has 7 nitrogen and oxygen atoms in total. The van der Waals surface area contributed by atoms with Crippen LogP contribution >= 0.6 is 11.8 Å². The molecule has 0 aliphatic heterocycles. The van der Waals surface area contributed by atoms with Crippen molar-refractivity contribution >= 4 is 23.4 Å². The van der Waals surface area contributed by atoms with Crippen LogP contribution in [0.2, 0.25) is 0 Å². The molecule has 0 aliphatic carbocycles. The lowest BCUT2D eigenvalue weighted by Crippen LogP contribution is -2.16. The van der Waals surface area contributed by atoms with E-state index in [1.165, 1.54) is 11.8 Å². The molecule has 1 N–H and O–H groups in total. The summed E-state index contributed by atoms with van der Waals surface area (Å²) >= 11 is 1.37. The van der Waals surface area contributed by atoms with Gasteiger partial charge in [-0.05, 0) is 55.7 Å². The maximum Gasteiger partial charge on any atom is 0.234 e. The molecule has 170 valence electrons. The van der Waals surface area contributed by atoms with Gasteiger partial charge in [-0.15, -0.1) is 10.2 Å². The average Bonchev–Trinajstić information content (AvgIpc) is 3.21. The van der Waals surface area contributed by atoms with Gasteiger partial charge in [0, 0.05) is 12.2 Å². The number of amides is 1. The molecule has 1 amide bonds. The van der Waals surface area contributed by atoms with Crippen LogP contribution in [0.5, 0.6) is 11.5 Å². The number of hydrogen-bond acceptors (Lipinski definition) is 6. The summed E-state index contributed by atoms with van der Waals surface area (Å²) in [6, 6.07) is 15.3. The zero-order valence-corrected chi connectivity index (χ0v) is 20.0. The number of methoxy groups -OCH3 is 1. The lowest BCUT2D eigenvalue weighted by atomic mass is 10.0. The number of rotatable bonds is 10. The minimum atomic E-state index is -0.294. The van der Waals surface area contributed by atoms with Crippen molar-refractivity contribution in [1.29, 1.82) is 0 Å². The Labute approximate surface area is 193 Å². The third-order valence-electron chi connectivity index (χ3n) is 4.99. The van der Waals surface area contributed by atoms with Crippen LogP contribution in [0.15, 0.2) is 53.7 Å². The van der Waals surface area contributed by atoms with Crippen molar-refractivity contribution in [2.45, 2.75) is 51.4 Å². The zero-order chi connectivity index (χ0) is 23.1. The van der Waals surface area contributed by atoms with Crippen LogP contribution in [-0.2, 0) is 11.3 Å². The lowest BCUT2D eigenvalue weighted by molar-refractivity contribution is -0.113. The van der Waals surface area contributed by atoms with Crippen LogP contribution in [0.3, 0.4) is 0 Å². The normalized spacial score (nSPS) is 11.9. The molecule has 1 aromatic heterocycles. The van der Waals surface area contributed by atoms with Crippen LogP contribution in [0, 0.1) is 0 Å². The average molecular weight is 455 g/mol. The van der Waals surface area contributed by atoms with E-state index in [0.717, 1.165) is 28.6 Å². The van der Waals surface area contributed by atoms with Gasteiger partial charge >= 0.3 is 0 Å². The van der Waals surface area contributed by atoms with Crippen LogP contribution in [0.1, 0.15) is 51.1 Å². The first-order valence-electron chi connectivity index (χ1n) is 10.7. The molecule has 2 aromatic carbocycles. The van der Waals surface area contributed by atoms with E-state index in [2.05, 4.69) is 29.4 Å². The fraction of sp³-hybridized carbons (Fsp3) is 0.375. The molecular formula is C24H30N4O3S. The number of hydrogen-bond donors (Lipinski definition) is 1. The van der Waals surface area contributed by atoms with Gasteiger partial charge < -0.3 is 19.4 Å². The third kappa shape index (κ3) is 5.82. The van der Waals surface area contributed by atoms with Gasteiger partial charge in [-0.1, -0.05) is 43.8 Å². The van der Waals surface area contributed by atoms with E-state index in [9.17, 15) is 4.79 Å². The first kappa shape index (κ1) is 23.7. The van der Waals surface area contributed by atoms with Crippen molar-refractivity contribution in [3.05, 3.63) is 59.9 Å². The molecule has 32 heavy (non-hydrogen) atoms. The van der Waals surface area contributed by atoms with Crippen LogP contribution in [-0.4, -0.2) is 33.5 Å². The van der Waals surface area contributed by atoms with Crippen molar-refractivity contribution in [2.24, 2.45) is 0 Å². The number of benzene rings is 2. The van der Waals surface area contributed by atoms with Crippen molar-refractivity contribution in [1.82, 2.24) is 14.8 Å². The number of nitrogens with zero attached hydrogens (tertiary/aromatic N) is 3. The summed E-state index contributed by atoms with van der Waals surface area (Å²) in [6.07, 6.45) is -0.294. The molecule has 1 atom stereocenters. The molecule has 0 spiro atoms. The van der Waals surface area contributed by atoms with Crippen LogP contribution in [0.25, 0.3) is 0 Å². The van der Waals surface area contributed by atoms with Crippen LogP contribution in [0.4, 0.5) is 5.69 Å². The molecular weight excluding hydrogens is 424 g/mol. The Morgan fingerprint density at radius 1 is 1.06 bits per heavy atom. The second kappa shape index (κ2) is 11.0. The van der Waals surface area contributed by atoms with E-state index in [0.29, 0.717) is 17.6 Å². The van der Waals surface area contributed by atoms with E-state index in [-0.39, 0.29) is 17.8 Å². The molecule has 3 rings (SSSR count). The highest BCUT2D eigenvalue weighted by Gasteiger charge is 2.20. The molecule has 0 fully saturated rings. The van der Waals surface area contributed by atoms with E-state index in [1.54, 1.807) is 7.11 Å². The Hall–Kier alpha value is -3.00.